The molecule has 1 atom stereocenters. The minimum Gasteiger partial charge on any atom is -0.445 e. The fourth-order valence-corrected chi connectivity index (χ4v) is 3.47. The van der Waals surface area contributed by atoms with E-state index in [1.807, 2.05) is 79.8 Å². The quantitative estimate of drug-likeness (QED) is 0.525. The van der Waals surface area contributed by atoms with Crippen LogP contribution in [-0.4, -0.2) is 10.7 Å². The number of hydrogen-bond donors (Lipinski definition) is 1. The van der Waals surface area contributed by atoms with Crippen LogP contribution in [-0.2, 0) is 18.4 Å². The molecular formula is C24H22N2O2. The van der Waals surface area contributed by atoms with Gasteiger partial charge in [0.2, 0.25) is 0 Å². The molecule has 0 aliphatic carbocycles. The molecule has 1 aromatic heterocycles. The largest absolute Gasteiger partial charge is 0.445 e. The van der Waals surface area contributed by atoms with E-state index in [0.717, 1.165) is 27.6 Å². The predicted molar refractivity (Wildman–Crippen MR) is 111 cm³/mol. The van der Waals surface area contributed by atoms with Gasteiger partial charge in [-0.2, -0.15) is 0 Å². The molecule has 4 heteroatoms. The van der Waals surface area contributed by atoms with E-state index < -0.39 is 6.09 Å². The number of carbonyl (C=O) groups excluding carboxylic acids is 1. The van der Waals surface area contributed by atoms with Gasteiger partial charge in [0.05, 0.1) is 6.04 Å². The molecule has 4 aromatic rings. The summed E-state index contributed by atoms with van der Waals surface area (Å²) in [5.74, 6) is 0. The van der Waals surface area contributed by atoms with Crippen molar-refractivity contribution in [3.63, 3.8) is 0 Å². The summed E-state index contributed by atoms with van der Waals surface area (Å²) in [6, 6.07) is 27.5. The van der Waals surface area contributed by atoms with E-state index in [0.29, 0.717) is 0 Å². The van der Waals surface area contributed by atoms with Crippen molar-refractivity contribution in [1.82, 2.24) is 9.88 Å². The third kappa shape index (κ3) is 3.76. The minimum atomic E-state index is -0.439. The number of aromatic nitrogens is 1. The summed E-state index contributed by atoms with van der Waals surface area (Å²) in [4.78, 5) is 12.6. The van der Waals surface area contributed by atoms with Gasteiger partial charge < -0.3 is 14.6 Å². The van der Waals surface area contributed by atoms with E-state index in [4.69, 9.17) is 4.74 Å². The average molecular weight is 370 g/mol. The van der Waals surface area contributed by atoms with Crippen LogP contribution in [0.1, 0.15) is 22.7 Å². The van der Waals surface area contributed by atoms with Crippen LogP contribution in [0.5, 0.6) is 0 Å². The molecule has 0 saturated carbocycles. The van der Waals surface area contributed by atoms with Crippen LogP contribution in [0.4, 0.5) is 4.79 Å². The molecule has 4 rings (SSSR count). The van der Waals surface area contributed by atoms with Gasteiger partial charge in [-0.3, -0.25) is 0 Å². The van der Waals surface area contributed by atoms with Gasteiger partial charge in [-0.05, 0) is 17.2 Å². The first-order valence-electron chi connectivity index (χ1n) is 9.28. The highest BCUT2D eigenvalue weighted by atomic mass is 16.5. The Hall–Kier alpha value is -3.53. The first-order chi connectivity index (χ1) is 13.7. The van der Waals surface area contributed by atoms with Crippen molar-refractivity contribution in [2.75, 3.05) is 0 Å². The van der Waals surface area contributed by atoms with Crippen molar-refractivity contribution in [2.45, 2.75) is 12.6 Å². The summed E-state index contributed by atoms with van der Waals surface area (Å²) >= 11 is 0. The Morgan fingerprint density at radius 2 is 1.57 bits per heavy atom. The molecule has 0 bridgehead atoms. The number of carbonyl (C=O) groups is 1. The molecule has 1 unspecified atom stereocenters. The number of ether oxygens (including phenoxy) is 1. The monoisotopic (exact) mass is 370 g/mol. The Balaban J connectivity index is 1.62. The minimum absolute atomic E-state index is 0.240. The average Bonchev–Trinajstić information content (AvgIpc) is 3.08. The second kappa shape index (κ2) is 8.01. The first kappa shape index (κ1) is 17.9. The fraction of sp³-hybridized carbons (Fsp3) is 0.125. The van der Waals surface area contributed by atoms with Gasteiger partial charge in [0.25, 0.3) is 0 Å². The maximum atomic E-state index is 12.6. The van der Waals surface area contributed by atoms with E-state index in [-0.39, 0.29) is 12.6 Å². The SMILES string of the molecule is Cn1cc(C(NC(=O)OCc2ccccc2)c2ccccc2)c2ccccc21. The zero-order valence-electron chi connectivity index (χ0n) is 15.7. The van der Waals surface area contributed by atoms with Gasteiger partial charge in [0, 0.05) is 29.7 Å². The van der Waals surface area contributed by atoms with Gasteiger partial charge in [-0.15, -0.1) is 0 Å². The molecule has 0 radical (unpaired) electrons. The number of amides is 1. The Labute approximate surface area is 164 Å². The molecule has 4 nitrogen and oxygen atoms in total. The molecule has 0 spiro atoms. The molecule has 28 heavy (non-hydrogen) atoms. The van der Waals surface area contributed by atoms with Gasteiger partial charge in [-0.1, -0.05) is 78.9 Å². The Morgan fingerprint density at radius 1 is 0.929 bits per heavy atom. The van der Waals surface area contributed by atoms with Gasteiger partial charge >= 0.3 is 6.09 Å². The highest BCUT2D eigenvalue weighted by molar-refractivity contribution is 5.85. The molecule has 3 aromatic carbocycles. The van der Waals surface area contributed by atoms with Crippen LogP contribution < -0.4 is 5.32 Å². The molecule has 1 amide bonds. The van der Waals surface area contributed by atoms with Crippen LogP contribution in [0.3, 0.4) is 0 Å². The lowest BCUT2D eigenvalue weighted by atomic mass is 9.98. The molecule has 1 N–H and O–H groups in total. The summed E-state index contributed by atoms with van der Waals surface area (Å²) in [6.07, 6.45) is 1.63. The number of rotatable bonds is 5. The summed E-state index contributed by atoms with van der Waals surface area (Å²) < 4.78 is 7.54. The lowest BCUT2D eigenvalue weighted by Gasteiger charge is -2.19. The van der Waals surface area contributed by atoms with Crippen LogP contribution in [0.25, 0.3) is 10.9 Å². The van der Waals surface area contributed by atoms with E-state index in [2.05, 4.69) is 28.2 Å². The molecule has 1 heterocycles. The van der Waals surface area contributed by atoms with Crippen molar-refractivity contribution < 1.29 is 9.53 Å². The van der Waals surface area contributed by atoms with Crippen molar-refractivity contribution in [3.8, 4) is 0 Å². The lowest BCUT2D eigenvalue weighted by Crippen LogP contribution is -2.29. The summed E-state index contributed by atoms with van der Waals surface area (Å²) in [5, 5.41) is 4.16. The number of para-hydroxylation sites is 1. The zero-order chi connectivity index (χ0) is 19.3. The summed E-state index contributed by atoms with van der Waals surface area (Å²) in [5.41, 5.74) is 4.13. The Kier molecular flexibility index (Phi) is 5.11. The maximum Gasteiger partial charge on any atom is 0.408 e. The number of nitrogens with one attached hydrogen (secondary N) is 1. The summed E-state index contributed by atoms with van der Waals surface area (Å²) in [7, 11) is 2.02. The number of benzene rings is 3. The van der Waals surface area contributed by atoms with Crippen LogP contribution in [0.2, 0.25) is 0 Å². The molecule has 0 fully saturated rings. The number of nitrogens with zero attached hydrogens (tertiary/aromatic N) is 1. The van der Waals surface area contributed by atoms with Crippen LogP contribution in [0, 0.1) is 0 Å². The van der Waals surface area contributed by atoms with Crippen LogP contribution in [0.15, 0.2) is 91.1 Å². The van der Waals surface area contributed by atoms with E-state index in [9.17, 15) is 4.79 Å². The molecule has 0 saturated heterocycles. The van der Waals surface area contributed by atoms with Crippen molar-refractivity contribution in [1.29, 1.82) is 0 Å². The highest BCUT2D eigenvalue weighted by Crippen LogP contribution is 2.30. The standard InChI is InChI=1S/C24H22N2O2/c1-26-16-21(20-14-8-9-15-22(20)26)23(19-12-6-3-7-13-19)25-24(27)28-17-18-10-4-2-5-11-18/h2-16,23H,17H2,1H3,(H,25,27). The smallest absolute Gasteiger partial charge is 0.408 e. The van der Waals surface area contributed by atoms with Crippen LogP contribution >= 0.6 is 0 Å². The molecular weight excluding hydrogens is 348 g/mol. The zero-order valence-corrected chi connectivity index (χ0v) is 15.7. The summed E-state index contributed by atoms with van der Waals surface area (Å²) in [6.45, 7) is 0.240. The molecule has 0 aliphatic rings. The van der Waals surface area contributed by atoms with Crippen molar-refractivity contribution in [3.05, 3.63) is 108 Å². The normalized spacial score (nSPS) is 11.9. The first-order valence-corrected chi connectivity index (χ1v) is 9.28. The predicted octanol–water partition coefficient (Wildman–Crippen LogP) is 5.19. The van der Waals surface area contributed by atoms with Gasteiger partial charge in [-0.25, -0.2) is 4.79 Å². The fourth-order valence-electron chi connectivity index (χ4n) is 3.47. The Morgan fingerprint density at radius 3 is 2.32 bits per heavy atom. The maximum absolute atomic E-state index is 12.6. The third-order valence-corrected chi connectivity index (χ3v) is 4.85. The van der Waals surface area contributed by atoms with E-state index in [1.165, 1.54) is 0 Å². The van der Waals surface area contributed by atoms with Crippen molar-refractivity contribution in [2.24, 2.45) is 7.05 Å². The molecule has 140 valence electrons. The second-order valence-electron chi connectivity index (χ2n) is 6.76. The Bertz CT molecular complexity index is 1070. The van der Waals surface area contributed by atoms with Gasteiger partial charge in [0.15, 0.2) is 0 Å². The highest BCUT2D eigenvalue weighted by Gasteiger charge is 2.21. The van der Waals surface area contributed by atoms with Crippen molar-refractivity contribution >= 4 is 17.0 Å². The second-order valence-corrected chi connectivity index (χ2v) is 6.76. The number of aryl methyl sites for hydroxylation is 1. The number of fused-ring (bicyclic) bond motifs is 1. The molecule has 0 aliphatic heterocycles. The van der Waals surface area contributed by atoms with E-state index in [1.54, 1.807) is 0 Å². The van der Waals surface area contributed by atoms with E-state index >= 15 is 0 Å². The third-order valence-electron chi connectivity index (χ3n) is 4.85. The topological polar surface area (TPSA) is 43.3 Å². The lowest BCUT2D eigenvalue weighted by molar-refractivity contribution is 0.137. The number of alkyl carbamates (subject to hydrolysis) is 1. The van der Waals surface area contributed by atoms with Gasteiger partial charge in [0.1, 0.15) is 6.61 Å². The number of hydrogen-bond acceptors (Lipinski definition) is 2.